The highest BCUT2D eigenvalue weighted by Gasteiger charge is 2.39. The first-order valence-corrected chi connectivity index (χ1v) is 7.00. The summed E-state index contributed by atoms with van der Waals surface area (Å²) in [5, 5.41) is 19.6. The third kappa shape index (κ3) is 2.36. The Morgan fingerprint density at radius 1 is 1.26 bits per heavy atom. The molecular formula is C15H22BrNO2. The van der Waals surface area contributed by atoms with Gasteiger partial charge in [-0.2, -0.15) is 0 Å². The molecule has 0 radical (unpaired) electrons. The lowest BCUT2D eigenvalue weighted by Crippen LogP contribution is -2.35. The number of hydrogen-bond acceptors (Lipinski definition) is 3. The number of rotatable bonds is 2. The molecule has 3 rings (SSSR count). The fraction of sp³-hybridized carbons (Fsp3) is 0.600. The van der Waals surface area contributed by atoms with Crippen LogP contribution in [0.5, 0.6) is 11.5 Å². The van der Waals surface area contributed by atoms with Crippen molar-refractivity contribution in [2.75, 3.05) is 13.1 Å². The second-order valence-corrected chi connectivity index (χ2v) is 5.54. The molecule has 2 aliphatic rings. The average Bonchev–Trinajstić information content (AvgIpc) is 2.78. The molecule has 0 spiro atoms. The number of benzene rings is 1. The second kappa shape index (κ2) is 5.71. The highest BCUT2D eigenvalue weighted by Crippen LogP contribution is 2.46. The van der Waals surface area contributed by atoms with Crippen molar-refractivity contribution >= 4 is 17.0 Å². The lowest BCUT2D eigenvalue weighted by molar-refractivity contribution is 0.226. The van der Waals surface area contributed by atoms with E-state index in [1.165, 1.54) is 31.5 Å². The summed E-state index contributed by atoms with van der Waals surface area (Å²) in [6, 6.07) is 4.29. The van der Waals surface area contributed by atoms with Crippen LogP contribution in [0.2, 0.25) is 0 Å². The summed E-state index contributed by atoms with van der Waals surface area (Å²) in [7, 11) is 0. The number of halogens is 1. The van der Waals surface area contributed by atoms with E-state index >= 15 is 0 Å². The third-order valence-electron chi connectivity index (χ3n) is 4.56. The Bertz CT molecular complexity index is 464. The van der Waals surface area contributed by atoms with E-state index in [0.717, 1.165) is 18.4 Å². The van der Waals surface area contributed by atoms with E-state index in [1.54, 1.807) is 6.07 Å². The van der Waals surface area contributed by atoms with Gasteiger partial charge in [0, 0.05) is 17.5 Å². The minimum atomic E-state index is 0. The first-order chi connectivity index (χ1) is 8.72. The Balaban J connectivity index is 0.00000133. The largest absolute Gasteiger partial charge is 0.504 e. The van der Waals surface area contributed by atoms with Gasteiger partial charge in [0.25, 0.3) is 0 Å². The number of fused-ring (bicyclic) bond motifs is 3. The smallest absolute Gasteiger partial charge is 0.160 e. The van der Waals surface area contributed by atoms with E-state index in [4.69, 9.17) is 0 Å². The Kier molecular flexibility index (Phi) is 4.41. The minimum absolute atomic E-state index is 0. The molecule has 19 heavy (non-hydrogen) atoms. The van der Waals surface area contributed by atoms with Crippen molar-refractivity contribution in [3.05, 3.63) is 23.3 Å². The van der Waals surface area contributed by atoms with Crippen molar-refractivity contribution in [1.82, 2.24) is 4.90 Å². The molecule has 1 heterocycles. The predicted molar refractivity (Wildman–Crippen MR) is 81.4 cm³/mol. The SMILES string of the molecule is Br.CCCN1CCC2c3ccc(O)c(O)c3CCC21. The van der Waals surface area contributed by atoms with Gasteiger partial charge >= 0.3 is 0 Å². The predicted octanol–water partition coefficient (Wildman–Crippen LogP) is 3.19. The molecule has 1 aromatic carbocycles. The number of nitrogens with zero attached hydrogens (tertiary/aromatic N) is 1. The summed E-state index contributed by atoms with van der Waals surface area (Å²) < 4.78 is 0. The molecule has 0 aromatic heterocycles. The topological polar surface area (TPSA) is 43.7 Å². The van der Waals surface area contributed by atoms with Crippen LogP contribution < -0.4 is 0 Å². The van der Waals surface area contributed by atoms with E-state index in [-0.39, 0.29) is 28.5 Å². The van der Waals surface area contributed by atoms with Crippen molar-refractivity contribution in [2.24, 2.45) is 0 Å². The van der Waals surface area contributed by atoms with E-state index in [1.807, 2.05) is 6.07 Å². The van der Waals surface area contributed by atoms with Crippen molar-refractivity contribution in [3.63, 3.8) is 0 Å². The van der Waals surface area contributed by atoms with Gasteiger partial charge in [-0.3, -0.25) is 4.90 Å². The molecule has 106 valence electrons. The molecule has 0 amide bonds. The summed E-state index contributed by atoms with van der Waals surface area (Å²) in [6.07, 6.45) is 4.38. The summed E-state index contributed by atoms with van der Waals surface area (Å²) in [5.74, 6) is 0.683. The van der Waals surface area contributed by atoms with Crippen LogP contribution in [0.1, 0.15) is 43.2 Å². The highest BCUT2D eigenvalue weighted by atomic mass is 79.9. The van der Waals surface area contributed by atoms with E-state index in [0.29, 0.717) is 12.0 Å². The van der Waals surface area contributed by atoms with Crippen LogP contribution in [0, 0.1) is 0 Å². The molecule has 1 aromatic rings. The molecule has 1 aliphatic heterocycles. The Hall–Kier alpha value is -0.740. The highest BCUT2D eigenvalue weighted by molar-refractivity contribution is 8.93. The quantitative estimate of drug-likeness (QED) is 0.820. The standard InChI is InChI=1S/C15H21NO2.BrH/c1-2-8-16-9-7-11-10-4-6-14(17)15(18)12(10)3-5-13(11)16;/h4,6,11,13,17-18H,2-3,5,7-9H2,1H3;1H. The number of likely N-dealkylation sites (tertiary alicyclic amines) is 1. The molecule has 2 N–H and O–H groups in total. The Morgan fingerprint density at radius 2 is 2.05 bits per heavy atom. The van der Waals surface area contributed by atoms with E-state index in [9.17, 15) is 10.2 Å². The number of hydrogen-bond donors (Lipinski definition) is 2. The number of aromatic hydroxyl groups is 2. The van der Waals surface area contributed by atoms with Gasteiger partial charge in [-0.25, -0.2) is 0 Å². The van der Waals surface area contributed by atoms with Gasteiger partial charge in [0.05, 0.1) is 0 Å². The number of phenolic OH excluding ortho intramolecular Hbond substituents is 2. The van der Waals surface area contributed by atoms with Gasteiger partial charge in [-0.1, -0.05) is 13.0 Å². The molecule has 1 saturated heterocycles. The zero-order valence-electron chi connectivity index (χ0n) is 11.3. The number of phenols is 2. The zero-order valence-corrected chi connectivity index (χ0v) is 13.0. The van der Waals surface area contributed by atoms with Gasteiger partial charge in [-0.05, 0) is 50.4 Å². The summed E-state index contributed by atoms with van der Waals surface area (Å²) >= 11 is 0. The van der Waals surface area contributed by atoms with Crippen LogP contribution in [-0.4, -0.2) is 34.2 Å². The summed E-state index contributed by atoms with van der Waals surface area (Å²) in [4.78, 5) is 2.59. The third-order valence-corrected chi connectivity index (χ3v) is 4.56. The van der Waals surface area contributed by atoms with E-state index < -0.39 is 0 Å². The Labute approximate surface area is 125 Å². The molecule has 0 saturated carbocycles. The fourth-order valence-corrected chi connectivity index (χ4v) is 3.77. The lowest BCUT2D eigenvalue weighted by Gasteiger charge is -2.33. The normalized spacial score (nSPS) is 25.5. The maximum absolute atomic E-state index is 9.97. The zero-order chi connectivity index (χ0) is 12.7. The monoisotopic (exact) mass is 327 g/mol. The Morgan fingerprint density at radius 3 is 2.79 bits per heavy atom. The van der Waals surface area contributed by atoms with Crippen molar-refractivity contribution in [2.45, 2.75) is 44.6 Å². The van der Waals surface area contributed by atoms with Crippen LogP contribution >= 0.6 is 17.0 Å². The molecule has 1 fully saturated rings. The van der Waals surface area contributed by atoms with Gasteiger partial charge in [0.15, 0.2) is 11.5 Å². The van der Waals surface area contributed by atoms with Gasteiger partial charge < -0.3 is 10.2 Å². The maximum Gasteiger partial charge on any atom is 0.160 e. The molecule has 0 bridgehead atoms. The molecule has 2 atom stereocenters. The van der Waals surface area contributed by atoms with Gasteiger partial charge in [0.1, 0.15) is 0 Å². The molecule has 4 heteroatoms. The minimum Gasteiger partial charge on any atom is -0.504 e. The van der Waals surface area contributed by atoms with Gasteiger partial charge in [-0.15, -0.1) is 17.0 Å². The molecule has 2 unspecified atom stereocenters. The van der Waals surface area contributed by atoms with Crippen molar-refractivity contribution in [3.8, 4) is 11.5 Å². The van der Waals surface area contributed by atoms with Crippen LogP contribution in [0.4, 0.5) is 0 Å². The summed E-state index contributed by atoms with van der Waals surface area (Å²) in [6.45, 7) is 4.58. The van der Waals surface area contributed by atoms with Crippen molar-refractivity contribution in [1.29, 1.82) is 0 Å². The second-order valence-electron chi connectivity index (χ2n) is 5.54. The van der Waals surface area contributed by atoms with Crippen LogP contribution in [0.3, 0.4) is 0 Å². The van der Waals surface area contributed by atoms with Crippen molar-refractivity contribution < 1.29 is 10.2 Å². The summed E-state index contributed by atoms with van der Waals surface area (Å²) in [5.41, 5.74) is 2.25. The maximum atomic E-state index is 9.97. The first-order valence-electron chi connectivity index (χ1n) is 7.00. The van der Waals surface area contributed by atoms with Crippen LogP contribution in [0.15, 0.2) is 12.1 Å². The average molecular weight is 328 g/mol. The fourth-order valence-electron chi connectivity index (χ4n) is 3.77. The molecule has 1 aliphatic carbocycles. The van der Waals surface area contributed by atoms with Crippen LogP contribution in [0.25, 0.3) is 0 Å². The first kappa shape index (κ1) is 14.7. The van der Waals surface area contributed by atoms with E-state index in [2.05, 4.69) is 11.8 Å². The molecular weight excluding hydrogens is 306 g/mol. The lowest BCUT2D eigenvalue weighted by atomic mass is 9.79. The molecule has 3 nitrogen and oxygen atoms in total. The van der Waals surface area contributed by atoms with Crippen LogP contribution in [-0.2, 0) is 6.42 Å². The van der Waals surface area contributed by atoms with Gasteiger partial charge in [0.2, 0.25) is 0 Å².